The average molecular weight is 364 g/mol. The lowest BCUT2D eigenvalue weighted by atomic mass is 9.66. The molecule has 24 heavy (non-hydrogen) atoms. The highest BCUT2D eigenvalue weighted by molar-refractivity contribution is 7.16. The van der Waals surface area contributed by atoms with Crippen LogP contribution in [0, 0.1) is 12.3 Å². The van der Waals surface area contributed by atoms with Crippen LogP contribution in [-0.4, -0.2) is 28.5 Å². The van der Waals surface area contributed by atoms with E-state index in [4.69, 9.17) is 0 Å². The Balaban J connectivity index is 1.47. The molecule has 128 valence electrons. The van der Waals surface area contributed by atoms with E-state index >= 15 is 0 Å². The summed E-state index contributed by atoms with van der Waals surface area (Å²) in [7, 11) is 0. The molecule has 0 aliphatic heterocycles. The van der Waals surface area contributed by atoms with Crippen molar-refractivity contribution in [2.75, 3.05) is 6.54 Å². The average Bonchev–Trinajstić information content (AvgIpc) is 3.11. The van der Waals surface area contributed by atoms with E-state index in [2.05, 4.69) is 27.8 Å². The van der Waals surface area contributed by atoms with Gasteiger partial charge in [0.25, 0.3) is 0 Å². The Kier molecular flexibility index (Phi) is 5.01. The summed E-state index contributed by atoms with van der Waals surface area (Å²) in [5.41, 5.74) is 0.189. The van der Waals surface area contributed by atoms with Gasteiger partial charge < -0.3 is 10.4 Å². The van der Waals surface area contributed by atoms with Crippen molar-refractivity contribution in [1.82, 2.24) is 10.3 Å². The van der Waals surface area contributed by atoms with Crippen LogP contribution in [0.25, 0.3) is 10.6 Å². The van der Waals surface area contributed by atoms with Gasteiger partial charge in [0, 0.05) is 23.2 Å². The minimum absolute atomic E-state index is 0.0934. The van der Waals surface area contributed by atoms with Crippen LogP contribution in [0.15, 0.2) is 17.5 Å². The summed E-state index contributed by atoms with van der Waals surface area (Å²) in [6.07, 6.45) is 2.96. The molecule has 5 nitrogen and oxygen atoms in total. The first kappa shape index (κ1) is 17.1. The molecule has 3 rings (SSSR count). The van der Waals surface area contributed by atoms with Crippen molar-refractivity contribution in [2.45, 2.75) is 39.0 Å². The Morgan fingerprint density at radius 2 is 2.17 bits per heavy atom. The number of rotatable bonds is 7. The quantitative estimate of drug-likeness (QED) is 0.788. The minimum atomic E-state index is -0.842. The predicted octanol–water partition coefficient (Wildman–Crippen LogP) is 3.48. The van der Waals surface area contributed by atoms with E-state index in [1.807, 2.05) is 6.92 Å². The Morgan fingerprint density at radius 1 is 1.38 bits per heavy atom. The fraction of sp³-hybridized carbons (Fsp3) is 0.471. The Labute approximate surface area is 148 Å². The molecule has 0 radical (unpaired) electrons. The number of carbonyl (C=O) groups excluding carboxylic acids is 1. The fourth-order valence-corrected chi connectivity index (χ4v) is 4.55. The van der Waals surface area contributed by atoms with Gasteiger partial charge in [0.1, 0.15) is 0 Å². The number of hydrogen-bond donors (Lipinski definition) is 2. The zero-order valence-electron chi connectivity index (χ0n) is 13.5. The molecule has 0 spiro atoms. The van der Waals surface area contributed by atoms with E-state index in [9.17, 15) is 14.7 Å². The van der Waals surface area contributed by atoms with Crippen molar-refractivity contribution in [1.29, 1.82) is 0 Å². The Morgan fingerprint density at radius 3 is 2.75 bits per heavy atom. The lowest BCUT2D eigenvalue weighted by Gasteiger charge is -2.36. The number of carboxylic acids is 1. The minimum Gasteiger partial charge on any atom is -0.481 e. The van der Waals surface area contributed by atoms with Crippen LogP contribution in [0.5, 0.6) is 0 Å². The third kappa shape index (κ3) is 3.67. The molecule has 2 aromatic rings. The molecular formula is C17H20N2O3S2. The summed E-state index contributed by atoms with van der Waals surface area (Å²) in [6, 6.07) is 4.12. The molecule has 1 saturated carbocycles. The molecule has 1 amide bonds. The first-order valence-electron chi connectivity index (χ1n) is 8.00. The van der Waals surface area contributed by atoms with Crippen LogP contribution in [0.4, 0.5) is 0 Å². The first-order chi connectivity index (χ1) is 11.5. The number of thiophene rings is 1. The molecule has 7 heteroatoms. The lowest BCUT2D eigenvalue weighted by Crippen LogP contribution is -2.42. The van der Waals surface area contributed by atoms with Gasteiger partial charge in [-0.05, 0) is 38.3 Å². The van der Waals surface area contributed by atoms with Crippen molar-refractivity contribution in [3.05, 3.63) is 27.4 Å². The number of aryl methyl sites for hydroxylation is 1. The Hall–Kier alpha value is -1.73. The number of amides is 1. The van der Waals surface area contributed by atoms with E-state index in [1.165, 1.54) is 4.88 Å². The second kappa shape index (κ2) is 7.03. The smallest absolute Gasteiger partial charge is 0.310 e. The number of aliphatic carboxylic acids is 1. The van der Waals surface area contributed by atoms with Crippen LogP contribution < -0.4 is 5.32 Å². The first-order valence-corrected chi connectivity index (χ1v) is 9.69. The molecule has 0 bridgehead atoms. The van der Waals surface area contributed by atoms with Gasteiger partial charge >= 0.3 is 5.97 Å². The summed E-state index contributed by atoms with van der Waals surface area (Å²) in [5.74, 6) is -1.01. The zero-order valence-corrected chi connectivity index (χ0v) is 15.1. The van der Waals surface area contributed by atoms with Crippen molar-refractivity contribution < 1.29 is 14.7 Å². The number of aromatic nitrogens is 1. The molecular weight excluding hydrogens is 344 g/mol. The number of carbonyl (C=O) groups is 2. The number of hydrogen-bond acceptors (Lipinski definition) is 5. The number of nitrogens with one attached hydrogen (secondary N) is 1. The predicted molar refractivity (Wildman–Crippen MR) is 95.4 cm³/mol. The molecule has 0 saturated heterocycles. The maximum Gasteiger partial charge on any atom is 0.310 e. The maximum atomic E-state index is 12.0. The summed E-state index contributed by atoms with van der Waals surface area (Å²) in [6.45, 7) is 2.52. The van der Waals surface area contributed by atoms with Gasteiger partial charge in [-0.3, -0.25) is 9.59 Å². The van der Waals surface area contributed by atoms with Crippen molar-refractivity contribution in [3.63, 3.8) is 0 Å². The largest absolute Gasteiger partial charge is 0.481 e. The van der Waals surface area contributed by atoms with E-state index in [0.717, 1.165) is 28.4 Å². The summed E-state index contributed by atoms with van der Waals surface area (Å²) >= 11 is 3.32. The highest BCUT2D eigenvalue weighted by Crippen LogP contribution is 2.44. The third-order valence-electron chi connectivity index (χ3n) is 4.49. The molecule has 0 unspecified atom stereocenters. The van der Waals surface area contributed by atoms with Crippen LogP contribution in [0.2, 0.25) is 0 Å². The van der Waals surface area contributed by atoms with Crippen LogP contribution in [0.1, 0.15) is 35.6 Å². The summed E-state index contributed by atoms with van der Waals surface area (Å²) in [5, 5.41) is 15.2. The number of nitrogens with zero attached hydrogens (tertiary/aromatic N) is 1. The van der Waals surface area contributed by atoms with E-state index in [0.29, 0.717) is 19.4 Å². The number of thiazole rings is 1. The zero-order chi connectivity index (χ0) is 17.2. The molecule has 1 aliphatic carbocycles. The molecule has 0 aromatic carbocycles. The van der Waals surface area contributed by atoms with Gasteiger partial charge in [0.15, 0.2) is 0 Å². The third-order valence-corrected chi connectivity index (χ3v) is 6.43. The summed E-state index contributed by atoms with van der Waals surface area (Å²) in [4.78, 5) is 30.1. The second-order valence-electron chi connectivity index (χ2n) is 6.23. The Bertz CT molecular complexity index is 747. The van der Waals surface area contributed by atoms with Gasteiger partial charge in [0.05, 0.1) is 21.0 Å². The van der Waals surface area contributed by atoms with Crippen molar-refractivity contribution >= 4 is 34.6 Å². The SMILES string of the molecule is Cc1nc(-c2ccc(CCNC(=O)CC3(C(=O)O)CCC3)s2)cs1. The molecule has 2 N–H and O–H groups in total. The second-order valence-corrected chi connectivity index (χ2v) is 8.46. The van der Waals surface area contributed by atoms with Crippen molar-refractivity contribution in [2.24, 2.45) is 5.41 Å². The molecule has 2 heterocycles. The molecule has 2 aromatic heterocycles. The van der Waals surface area contributed by atoms with Gasteiger partial charge in [0.2, 0.25) is 5.91 Å². The van der Waals surface area contributed by atoms with E-state index in [-0.39, 0.29) is 12.3 Å². The van der Waals surface area contributed by atoms with Gasteiger partial charge in [-0.25, -0.2) is 4.98 Å². The highest BCUT2D eigenvalue weighted by atomic mass is 32.1. The molecule has 1 aliphatic rings. The van der Waals surface area contributed by atoms with Crippen LogP contribution >= 0.6 is 22.7 Å². The molecule has 0 atom stereocenters. The highest BCUT2D eigenvalue weighted by Gasteiger charge is 2.45. The summed E-state index contributed by atoms with van der Waals surface area (Å²) < 4.78 is 0. The van der Waals surface area contributed by atoms with Gasteiger partial charge in [-0.2, -0.15) is 0 Å². The van der Waals surface area contributed by atoms with Crippen LogP contribution in [0.3, 0.4) is 0 Å². The number of carboxylic acid groups (broad SMARTS) is 1. The normalized spacial score (nSPS) is 15.7. The standard InChI is InChI=1S/C17H20N2O3S2/c1-11-19-13(10-23-11)14-4-3-12(24-14)5-8-18-15(20)9-17(16(21)22)6-2-7-17/h3-4,10H,2,5-9H2,1H3,(H,18,20)(H,21,22). The monoisotopic (exact) mass is 364 g/mol. The van der Waals surface area contributed by atoms with Gasteiger partial charge in [-0.15, -0.1) is 22.7 Å². The van der Waals surface area contributed by atoms with Crippen LogP contribution in [-0.2, 0) is 16.0 Å². The molecule has 1 fully saturated rings. The topological polar surface area (TPSA) is 79.3 Å². The van der Waals surface area contributed by atoms with Gasteiger partial charge in [-0.1, -0.05) is 6.42 Å². The van der Waals surface area contributed by atoms with E-state index in [1.54, 1.807) is 22.7 Å². The fourth-order valence-electron chi connectivity index (χ4n) is 2.89. The van der Waals surface area contributed by atoms with Crippen molar-refractivity contribution in [3.8, 4) is 10.6 Å². The van der Waals surface area contributed by atoms with E-state index < -0.39 is 11.4 Å². The maximum absolute atomic E-state index is 12.0. The lowest BCUT2D eigenvalue weighted by molar-refractivity contribution is -0.157.